The first-order chi connectivity index (χ1) is 10.8. The SMILES string of the molecule is N#Cc1c(-c2ccn[nH]2)c(SCCCBr)cc2cccnc12. The van der Waals surface area contributed by atoms with Gasteiger partial charge in [-0.15, -0.1) is 11.8 Å². The third-order valence-electron chi connectivity index (χ3n) is 3.28. The molecule has 0 atom stereocenters. The number of pyridine rings is 1. The van der Waals surface area contributed by atoms with E-state index >= 15 is 0 Å². The molecule has 0 amide bonds. The molecule has 0 saturated carbocycles. The molecule has 3 aromatic rings. The summed E-state index contributed by atoms with van der Waals surface area (Å²) in [5, 5.41) is 18.6. The van der Waals surface area contributed by atoms with Gasteiger partial charge in [-0.05, 0) is 30.4 Å². The molecule has 2 aromatic heterocycles. The number of fused-ring (bicyclic) bond motifs is 1. The molecule has 6 heteroatoms. The van der Waals surface area contributed by atoms with Crippen molar-refractivity contribution < 1.29 is 0 Å². The Labute approximate surface area is 141 Å². The molecule has 0 spiro atoms. The molecule has 0 aliphatic heterocycles. The summed E-state index contributed by atoms with van der Waals surface area (Å²) in [5.41, 5.74) is 3.08. The van der Waals surface area contributed by atoms with Crippen LogP contribution in [0.2, 0.25) is 0 Å². The van der Waals surface area contributed by atoms with E-state index in [9.17, 15) is 5.26 Å². The number of thioether (sulfide) groups is 1. The first kappa shape index (κ1) is 15.1. The Bertz CT molecular complexity index is 824. The number of H-pyrrole nitrogens is 1. The zero-order valence-electron chi connectivity index (χ0n) is 11.7. The number of halogens is 1. The topological polar surface area (TPSA) is 65.4 Å². The van der Waals surface area contributed by atoms with Gasteiger partial charge >= 0.3 is 0 Å². The molecule has 0 saturated heterocycles. The highest BCUT2D eigenvalue weighted by Gasteiger charge is 2.17. The maximum absolute atomic E-state index is 9.67. The minimum atomic E-state index is 0.601. The summed E-state index contributed by atoms with van der Waals surface area (Å²) in [5.74, 6) is 0.989. The van der Waals surface area contributed by atoms with Crippen LogP contribution >= 0.6 is 27.7 Å². The second-order valence-electron chi connectivity index (χ2n) is 4.67. The maximum atomic E-state index is 9.67. The van der Waals surface area contributed by atoms with Gasteiger partial charge in [0.05, 0.1) is 16.8 Å². The van der Waals surface area contributed by atoms with E-state index in [4.69, 9.17) is 0 Å². The van der Waals surface area contributed by atoms with Crippen LogP contribution in [0.15, 0.2) is 41.6 Å². The Hall–Kier alpha value is -1.84. The van der Waals surface area contributed by atoms with Crippen LogP contribution in [0.5, 0.6) is 0 Å². The predicted molar refractivity (Wildman–Crippen MR) is 93.2 cm³/mol. The summed E-state index contributed by atoms with van der Waals surface area (Å²) in [7, 11) is 0. The average Bonchev–Trinajstić information content (AvgIpc) is 3.07. The highest BCUT2D eigenvalue weighted by Crippen LogP contribution is 2.37. The van der Waals surface area contributed by atoms with Gasteiger partial charge in [0, 0.05) is 33.6 Å². The third-order valence-corrected chi connectivity index (χ3v) is 4.96. The summed E-state index contributed by atoms with van der Waals surface area (Å²) >= 11 is 5.21. The molecular weight excluding hydrogens is 360 g/mol. The van der Waals surface area contributed by atoms with Crippen molar-refractivity contribution in [3.05, 3.63) is 42.2 Å². The molecule has 0 bridgehead atoms. The summed E-state index contributed by atoms with van der Waals surface area (Å²) in [6.45, 7) is 0. The molecule has 1 N–H and O–H groups in total. The number of nitriles is 1. The highest BCUT2D eigenvalue weighted by molar-refractivity contribution is 9.09. The van der Waals surface area contributed by atoms with E-state index in [1.165, 1.54) is 0 Å². The lowest BCUT2D eigenvalue weighted by Gasteiger charge is -2.12. The predicted octanol–water partition coefficient (Wildman–Crippen LogP) is 4.37. The number of benzene rings is 1. The zero-order valence-corrected chi connectivity index (χ0v) is 14.1. The van der Waals surface area contributed by atoms with E-state index in [0.29, 0.717) is 5.56 Å². The standard InChI is InChI=1S/C16H13BrN4S/c17-5-2-8-22-14-9-11-3-1-6-19-16(11)12(10-18)15(14)13-4-7-20-21-13/h1,3-4,6-7,9H,2,5,8H2,(H,20,21). The second-order valence-corrected chi connectivity index (χ2v) is 6.60. The largest absolute Gasteiger partial charge is 0.278 e. The molecule has 0 aliphatic carbocycles. The monoisotopic (exact) mass is 372 g/mol. The van der Waals surface area contributed by atoms with Gasteiger partial charge in [0.25, 0.3) is 0 Å². The molecule has 0 unspecified atom stereocenters. The van der Waals surface area contributed by atoms with Crippen LogP contribution in [0.25, 0.3) is 22.2 Å². The minimum Gasteiger partial charge on any atom is -0.278 e. The summed E-state index contributed by atoms with van der Waals surface area (Å²) in [4.78, 5) is 5.47. The molecule has 0 fully saturated rings. The second kappa shape index (κ2) is 6.95. The molecule has 4 nitrogen and oxygen atoms in total. The van der Waals surface area contributed by atoms with Crippen molar-refractivity contribution in [2.24, 2.45) is 0 Å². The van der Waals surface area contributed by atoms with Crippen molar-refractivity contribution in [3.63, 3.8) is 0 Å². The van der Waals surface area contributed by atoms with E-state index in [1.807, 2.05) is 18.2 Å². The molecule has 0 aliphatic rings. The normalized spacial score (nSPS) is 10.7. The number of aromatic amines is 1. The van der Waals surface area contributed by atoms with E-state index in [-0.39, 0.29) is 0 Å². The van der Waals surface area contributed by atoms with Crippen LogP contribution in [-0.2, 0) is 0 Å². The summed E-state index contributed by atoms with van der Waals surface area (Å²) in [6.07, 6.45) is 4.49. The van der Waals surface area contributed by atoms with Gasteiger partial charge in [0.1, 0.15) is 6.07 Å². The number of alkyl halides is 1. The van der Waals surface area contributed by atoms with E-state index in [1.54, 1.807) is 24.2 Å². The Morgan fingerprint density at radius 3 is 2.95 bits per heavy atom. The average molecular weight is 373 g/mol. The Kier molecular flexibility index (Phi) is 4.76. The lowest BCUT2D eigenvalue weighted by molar-refractivity contribution is 1.09. The number of hydrogen-bond acceptors (Lipinski definition) is 4. The number of aromatic nitrogens is 3. The molecule has 22 heavy (non-hydrogen) atoms. The van der Waals surface area contributed by atoms with Gasteiger partial charge in [-0.2, -0.15) is 10.4 Å². The van der Waals surface area contributed by atoms with Crippen LogP contribution < -0.4 is 0 Å². The molecule has 2 heterocycles. The van der Waals surface area contributed by atoms with Crippen LogP contribution in [0.1, 0.15) is 12.0 Å². The number of rotatable bonds is 5. The third kappa shape index (κ3) is 2.87. The van der Waals surface area contributed by atoms with Gasteiger partial charge in [0.15, 0.2) is 0 Å². The van der Waals surface area contributed by atoms with Crippen LogP contribution in [0.3, 0.4) is 0 Å². The molecule has 110 valence electrons. The first-order valence-corrected chi connectivity index (χ1v) is 8.96. The van der Waals surface area contributed by atoms with Crippen molar-refractivity contribution in [1.29, 1.82) is 5.26 Å². The smallest absolute Gasteiger partial charge is 0.102 e. The van der Waals surface area contributed by atoms with Gasteiger partial charge in [0.2, 0.25) is 0 Å². The molecule has 0 radical (unpaired) electrons. The molecule has 1 aromatic carbocycles. The Morgan fingerprint density at radius 1 is 1.32 bits per heavy atom. The van der Waals surface area contributed by atoms with Crippen molar-refractivity contribution in [1.82, 2.24) is 15.2 Å². The zero-order chi connectivity index (χ0) is 15.4. The lowest BCUT2D eigenvalue weighted by Crippen LogP contribution is -1.94. The van der Waals surface area contributed by atoms with Crippen LogP contribution in [0.4, 0.5) is 0 Å². The molecule has 3 rings (SSSR count). The number of nitrogens with zero attached hydrogens (tertiary/aromatic N) is 3. The highest BCUT2D eigenvalue weighted by atomic mass is 79.9. The Morgan fingerprint density at radius 2 is 2.23 bits per heavy atom. The minimum absolute atomic E-state index is 0.601. The fraction of sp³-hybridized carbons (Fsp3) is 0.188. The lowest BCUT2D eigenvalue weighted by atomic mass is 10.0. The van der Waals surface area contributed by atoms with E-state index < -0.39 is 0 Å². The van der Waals surface area contributed by atoms with Crippen LogP contribution in [0, 0.1) is 11.3 Å². The first-order valence-electron chi connectivity index (χ1n) is 6.85. The van der Waals surface area contributed by atoms with Gasteiger partial charge < -0.3 is 0 Å². The van der Waals surface area contributed by atoms with Gasteiger partial charge in [-0.1, -0.05) is 22.0 Å². The maximum Gasteiger partial charge on any atom is 0.102 e. The quantitative estimate of drug-likeness (QED) is 0.410. The van der Waals surface area contributed by atoms with Gasteiger partial charge in [-0.25, -0.2) is 0 Å². The van der Waals surface area contributed by atoms with Crippen molar-refractivity contribution in [2.75, 3.05) is 11.1 Å². The number of nitrogens with one attached hydrogen (secondary N) is 1. The van der Waals surface area contributed by atoms with Crippen molar-refractivity contribution in [3.8, 4) is 17.3 Å². The fourth-order valence-corrected chi connectivity index (χ4v) is 4.05. The van der Waals surface area contributed by atoms with Crippen LogP contribution in [-0.4, -0.2) is 26.3 Å². The van der Waals surface area contributed by atoms with E-state index in [2.05, 4.69) is 43.2 Å². The van der Waals surface area contributed by atoms with Crippen molar-refractivity contribution in [2.45, 2.75) is 11.3 Å². The summed E-state index contributed by atoms with van der Waals surface area (Å²) < 4.78 is 0. The van der Waals surface area contributed by atoms with Crippen molar-refractivity contribution >= 4 is 38.6 Å². The van der Waals surface area contributed by atoms with E-state index in [0.717, 1.165) is 44.6 Å². The molecular formula is C16H13BrN4S. The number of hydrogen-bond donors (Lipinski definition) is 1. The van der Waals surface area contributed by atoms with Gasteiger partial charge in [-0.3, -0.25) is 10.1 Å². The summed E-state index contributed by atoms with van der Waals surface area (Å²) in [6, 6.07) is 10.2. The fourth-order valence-electron chi connectivity index (χ4n) is 2.32. The Balaban J connectivity index is 2.22.